The monoisotopic (exact) mass is 275 g/mol. The van der Waals surface area contributed by atoms with Crippen molar-refractivity contribution in [2.24, 2.45) is 0 Å². The maximum atomic E-state index is 11.7. The van der Waals surface area contributed by atoms with Gasteiger partial charge in [-0.2, -0.15) is 0 Å². The Morgan fingerprint density at radius 2 is 1.63 bits per heavy atom. The van der Waals surface area contributed by atoms with E-state index in [0.717, 1.165) is 26.1 Å². The summed E-state index contributed by atoms with van der Waals surface area (Å²) in [7, 11) is 3.38. The van der Waals surface area contributed by atoms with Gasteiger partial charge in [0, 0.05) is 40.5 Å². The van der Waals surface area contributed by atoms with Gasteiger partial charge in [0.25, 0.3) is 0 Å². The standard InChI is InChI=1S/C14H29NO4/c1-14(2,3)19-13(16)7-9-15(10-12-18-5)8-6-11-17-4/h6-12H2,1-5H3. The van der Waals surface area contributed by atoms with E-state index in [2.05, 4.69) is 4.90 Å². The zero-order valence-electron chi connectivity index (χ0n) is 13.0. The van der Waals surface area contributed by atoms with Gasteiger partial charge in [-0.1, -0.05) is 0 Å². The first-order valence-corrected chi connectivity index (χ1v) is 6.81. The van der Waals surface area contributed by atoms with Crippen LogP contribution in [-0.2, 0) is 19.0 Å². The fourth-order valence-electron chi connectivity index (χ4n) is 1.63. The van der Waals surface area contributed by atoms with Crippen LogP contribution in [-0.4, -0.2) is 63.5 Å². The number of esters is 1. The van der Waals surface area contributed by atoms with Crippen molar-refractivity contribution in [2.45, 2.75) is 39.2 Å². The highest BCUT2D eigenvalue weighted by molar-refractivity contribution is 5.70. The molecule has 5 heteroatoms. The van der Waals surface area contributed by atoms with E-state index in [-0.39, 0.29) is 5.97 Å². The van der Waals surface area contributed by atoms with E-state index in [9.17, 15) is 4.79 Å². The molecule has 0 atom stereocenters. The molecule has 0 rings (SSSR count). The van der Waals surface area contributed by atoms with Crippen LogP contribution in [0.4, 0.5) is 0 Å². The molecule has 0 aromatic rings. The largest absolute Gasteiger partial charge is 0.460 e. The zero-order chi connectivity index (χ0) is 14.7. The smallest absolute Gasteiger partial charge is 0.307 e. The number of hydrogen-bond acceptors (Lipinski definition) is 5. The summed E-state index contributed by atoms with van der Waals surface area (Å²) < 4.78 is 15.4. The predicted molar refractivity (Wildman–Crippen MR) is 75.3 cm³/mol. The number of ether oxygens (including phenoxy) is 3. The molecule has 19 heavy (non-hydrogen) atoms. The van der Waals surface area contributed by atoms with E-state index < -0.39 is 5.60 Å². The first kappa shape index (κ1) is 18.4. The minimum absolute atomic E-state index is 0.151. The van der Waals surface area contributed by atoms with Crippen molar-refractivity contribution in [1.29, 1.82) is 0 Å². The van der Waals surface area contributed by atoms with Crippen molar-refractivity contribution in [3.63, 3.8) is 0 Å². The number of nitrogens with zero attached hydrogens (tertiary/aromatic N) is 1. The Morgan fingerprint density at radius 3 is 2.16 bits per heavy atom. The first-order chi connectivity index (χ1) is 8.89. The lowest BCUT2D eigenvalue weighted by atomic mass is 10.2. The summed E-state index contributed by atoms with van der Waals surface area (Å²) in [6.45, 7) is 9.47. The predicted octanol–water partition coefficient (Wildman–Crippen LogP) is 1.70. The van der Waals surface area contributed by atoms with E-state index in [1.807, 2.05) is 20.8 Å². The van der Waals surface area contributed by atoms with Gasteiger partial charge >= 0.3 is 5.97 Å². The van der Waals surface area contributed by atoms with Crippen LogP contribution in [0, 0.1) is 0 Å². The Kier molecular flexibility index (Phi) is 9.83. The third-order valence-electron chi connectivity index (χ3n) is 2.49. The molecule has 0 unspecified atom stereocenters. The summed E-state index contributed by atoms with van der Waals surface area (Å²) in [5.74, 6) is -0.151. The quantitative estimate of drug-likeness (QED) is 0.448. The molecule has 0 aliphatic rings. The summed E-state index contributed by atoms with van der Waals surface area (Å²) in [6.07, 6.45) is 1.36. The molecule has 0 saturated heterocycles. The average Bonchev–Trinajstić information content (AvgIpc) is 2.30. The van der Waals surface area contributed by atoms with E-state index in [1.165, 1.54) is 0 Å². The van der Waals surface area contributed by atoms with E-state index in [4.69, 9.17) is 14.2 Å². The molecule has 114 valence electrons. The first-order valence-electron chi connectivity index (χ1n) is 6.81. The molecule has 0 saturated carbocycles. The normalized spacial score (nSPS) is 11.9. The Balaban J connectivity index is 3.98. The van der Waals surface area contributed by atoms with Crippen LogP contribution in [0.15, 0.2) is 0 Å². The minimum atomic E-state index is -0.412. The molecule has 0 spiro atoms. The third kappa shape index (κ3) is 12.1. The molecule has 0 N–H and O–H groups in total. The van der Waals surface area contributed by atoms with Gasteiger partial charge in [0.15, 0.2) is 0 Å². The van der Waals surface area contributed by atoms with E-state index >= 15 is 0 Å². The molecular formula is C14H29NO4. The van der Waals surface area contributed by atoms with Crippen molar-refractivity contribution in [1.82, 2.24) is 4.90 Å². The molecule has 0 amide bonds. The SMILES string of the molecule is COCCCN(CCOC)CCC(=O)OC(C)(C)C. The van der Waals surface area contributed by atoms with Gasteiger partial charge in [0.05, 0.1) is 13.0 Å². The second-order valence-corrected chi connectivity index (χ2v) is 5.52. The van der Waals surface area contributed by atoms with Gasteiger partial charge in [-0.25, -0.2) is 0 Å². The van der Waals surface area contributed by atoms with Gasteiger partial charge in [-0.3, -0.25) is 4.79 Å². The Morgan fingerprint density at radius 1 is 1.00 bits per heavy atom. The van der Waals surface area contributed by atoms with Crippen molar-refractivity contribution < 1.29 is 19.0 Å². The van der Waals surface area contributed by atoms with Gasteiger partial charge in [-0.05, 0) is 27.2 Å². The van der Waals surface area contributed by atoms with Crippen LogP contribution < -0.4 is 0 Å². The fraction of sp³-hybridized carbons (Fsp3) is 0.929. The highest BCUT2D eigenvalue weighted by Gasteiger charge is 2.17. The molecule has 0 bridgehead atoms. The van der Waals surface area contributed by atoms with Crippen molar-refractivity contribution in [3.8, 4) is 0 Å². The maximum Gasteiger partial charge on any atom is 0.307 e. The second kappa shape index (κ2) is 10.2. The molecule has 0 aromatic carbocycles. The zero-order valence-corrected chi connectivity index (χ0v) is 13.0. The molecule has 0 heterocycles. The van der Waals surface area contributed by atoms with Crippen LogP contribution in [0.1, 0.15) is 33.6 Å². The lowest BCUT2D eigenvalue weighted by Crippen LogP contribution is -2.33. The minimum Gasteiger partial charge on any atom is -0.460 e. The lowest BCUT2D eigenvalue weighted by Gasteiger charge is -2.23. The van der Waals surface area contributed by atoms with Crippen LogP contribution in [0.25, 0.3) is 0 Å². The van der Waals surface area contributed by atoms with Crippen molar-refractivity contribution in [2.75, 3.05) is 47.1 Å². The molecule has 0 aliphatic heterocycles. The molecule has 0 aromatic heterocycles. The van der Waals surface area contributed by atoms with E-state index in [0.29, 0.717) is 19.6 Å². The molecular weight excluding hydrogens is 246 g/mol. The summed E-state index contributed by atoms with van der Waals surface area (Å²) >= 11 is 0. The number of hydrogen-bond donors (Lipinski definition) is 0. The third-order valence-corrected chi connectivity index (χ3v) is 2.49. The molecule has 0 radical (unpaired) electrons. The average molecular weight is 275 g/mol. The highest BCUT2D eigenvalue weighted by Crippen LogP contribution is 2.08. The van der Waals surface area contributed by atoms with E-state index in [1.54, 1.807) is 14.2 Å². The van der Waals surface area contributed by atoms with Crippen LogP contribution in [0.3, 0.4) is 0 Å². The maximum absolute atomic E-state index is 11.7. The summed E-state index contributed by atoms with van der Waals surface area (Å²) in [6, 6.07) is 0. The van der Waals surface area contributed by atoms with Gasteiger partial charge in [0.2, 0.25) is 0 Å². The number of carbonyl (C=O) groups excluding carboxylic acids is 1. The number of carbonyl (C=O) groups is 1. The molecule has 0 aliphatic carbocycles. The van der Waals surface area contributed by atoms with Gasteiger partial charge in [-0.15, -0.1) is 0 Å². The Bertz CT molecular complexity index is 238. The molecule has 0 fully saturated rings. The summed E-state index contributed by atoms with van der Waals surface area (Å²) in [5, 5.41) is 0. The topological polar surface area (TPSA) is 48.0 Å². The molecule has 5 nitrogen and oxygen atoms in total. The van der Waals surface area contributed by atoms with Crippen molar-refractivity contribution in [3.05, 3.63) is 0 Å². The van der Waals surface area contributed by atoms with Crippen LogP contribution in [0.2, 0.25) is 0 Å². The number of methoxy groups -OCH3 is 2. The fourth-order valence-corrected chi connectivity index (χ4v) is 1.63. The Hall–Kier alpha value is -0.650. The van der Waals surface area contributed by atoms with Gasteiger partial charge in [0.1, 0.15) is 5.60 Å². The Labute approximate surface area is 117 Å². The summed E-state index contributed by atoms with van der Waals surface area (Å²) in [4.78, 5) is 13.9. The van der Waals surface area contributed by atoms with Gasteiger partial charge < -0.3 is 19.1 Å². The highest BCUT2D eigenvalue weighted by atomic mass is 16.6. The second-order valence-electron chi connectivity index (χ2n) is 5.52. The van der Waals surface area contributed by atoms with Crippen molar-refractivity contribution >= 4 is 5.97 Å². The van der Waals surface area contributed by atoms with Crippen LogP contribution >= 0.6 is 0 Å². The number of rotatable bonds is 10. The van der Waals surface area contributed by atoms with Crippen LogP contribution in [0.5, 0.6) is 0 Å². The lowest BCUT2D eigenvalue weighted by molar-refractivity contribution is -0.155. The summed E-state index contributed by atoms with van der Waals surface area (Å²) in [5.41, 5.74) is -0.412.